The highest BCUT2D eigenvalue weighted by atomic mass is 32.1. The first kappa shape index (κ1) is 9.33. The minimum Gasteiger partial charge on any atom is -0.389 e. The summed E-state index contributed by atoms with van der Waals surface area (Å²) >= 11 is 4.89. The number of nitrogens with two attached hydrogens (primary N) is 1. The Kier molecular flexibility index (Phi) is 2.58. The van der Waals surface area contributed by atoms with E-state index in [0.717, 1.165) is 24.5 Å². The van der Waals surface area contributed by atoms with Crippen LogP contribution in [0.15, 0.2) is 12.3 Å². The fourth-order valence-corrected chi connectivity index (χ4v) is 1.70. The second-order valence-corrected chi connectivity index (χ2v) is 3.80. The molecule has 0 radical (unpaired) electrons. The first-order valence-electron chi connectivity index (χ1n) is 4.65. The molecule has 0 bridgehead atoms. The number of anilines is 1. The Bertz CT molecular complexity index is 346. The van der Waals surface area contributed by atoms with Crippen LogP contribution in [-0.2, 0) is 0 Å². The Morgan fingerprint density at radius 2 is 2.14 bits per heavy atom. The van der Waals surface area contributed by atoms with E-state index in [1.54, 1.807) is 6.20 Å². The number of rotatable bonds is 2. The van der Waals surface area contributed by atoms with Crippen LogP contribution in [0, 0.1) is 0 Å². The molecule has 1 saturated heterocycles. The summed E-state index contributed by atoms with van der Waals surface area (Å²) < 4.78 is 0. The minimum absolute atomic E-state index is 0.375. The van der Waals surface area contributed by atoms with Gasteiger partial charge < -0.3 is 10.6 Å². The lowest BCUT2D eigenvalue weighted by Crippen LogP contribution is -2.20. The van der Waals surface area contributed by atoms with Crippen molar-refractivity contribution in [3.63, 3.8) is 0 Å². The quantitative estimate of drug-likeness (QED) is 0.725. The molecule has 0 unspecified atom stereocenters. The van der Waals surface area contributed by atoms with Crippen molar-refractivity contribution in [3.05, 3.63) is 17.8 Å². The molecule has 2 rings (SSSR count). The van der Waals surface area contributed by atoms with Gasteiger partial charge in [-0.1, -0.05) is 12.2 Å². The minimum atomic E-state index is 0.375. The van der Waals surface area contributed by atoms with Crippen molar-refractivity contribution in [1.82, 2.24) is 10.2 Å². The summed E-state index contributed by atoms with van der Waals surface area (Å²) in [6.07, 6.45) is 4.04. The lowest BCUT2D eigenvalue weighted by Gasteiger charge is -2.15. The predicted molar refractivity (Wildman–Crippen MR) is 59.4 cm³/mol. The van der Waals surface area contributed by atoms with Crippen LogP contribution in [0.25, 0.3) is 0 Å². The van der Waals surface area contributed by atoms with Gasteiger partial charge >= 0.3 is 0 Å². The summed E-state index contributed by atoms with van der Waals surface area (Å²) in [5.41, 5.74) is 6.32. The van der Waals surface area contributed by atoms with E-state index in [0.29, 0.717) is 4.99 Å². The molecule has 14 heavy (non-hydrogen) atoms. The molecular formula is C9H12N4S. The van der Waals surface area contributed by atoms with Crippen LogP contribution >= 0.6 is 12.2 Å². The standard InChI is InChI=1S/C9H12N4S/c10-9(14)7-5-8(12-11-6-7)13-3-1-2-4-13/h5-6H,1-4H2,(H2,10,14). The molecule has 74 valence electrons. The molecule has 4 nitrogen and oxygen atoms in total. The monoisotopic (exact) mass is 208 g/mol. The van der Waals surface area contributed by atoms with Crippen molar-refractivity contribution < 1.29 is 0 Å². The van der Waals surface area contributed by atoms with Gasteiger partial charge in [0.2, 0.25) is 0 Å². The first-order chi connectivity index (χ1) is 6.77. The third-order valence-corrected chi connectivity index (χ3v) is 2.59. The van der Waals surface area contributed by atoms with Gasteiger partial charge in [-0.15, -0.1) is 5.10 Å². The van der Waals surface area contributed by atoms with E-state index in [-0.39, 0.29) is 0 Å². The zero-order chi connectivity index (χ0) is 9.97. The lowest BCUT2D eigenvalue weighted by atomic mass is 10.3. The summed E-state index contributed by atoms with van der Waals surface area (Å²) in [6.45, 7) is 2.10. The average molecular weight is 208 g/mol. The third-order valence-electron chi connectivity index (χ3n) is 2.36. The molecule has 0 saturated carbocycles. The molecule has 1 aliphatic heterocycles. The Morgan fingerprint density at radius 3 is 2.79 bits per heavy atom. The van der Waals surface area contributed by atoms with E-state index in [1.807, 2.05) is 6.07 Å². The molecule has 1 aromatic heterocycles. The number of nitrogens with zero attached hydrogens (tertiary/aromatic N) is 3. The SMILES string of the molecule is NC(=S)c1cnnc(N2CCCC2)c1. The Labute approximate surface area is 88.1 Å². The van der Waals surface area contributed by atoms with E-state index in [2.05, 4.69) is 15.1 Å². The van der Waals surface area contributed by atoms with E-state index in [9.17, 15) is 0 Å². The van der Waals surface area contributed by atoms with Crippen LogP contribution in [0.1, 0.15) is 18.4 Å². The molecule has 1 fully saturated rings. The highest BCUT2D eigenvalue weighted by molar-refractivity contribution is 7.80. The predicted octanol–water partition coefficient (Wildman–Crippen LogP) is 0.711. The number of hydrogen-bond acceptors (Lipinski definition) is 4. The maximum absolute atomic E-state index is 5.53. The highest BCUT2D eigenvalue weighted by Gasteiger charge is 2.14. The maximum atomic E-state index is 5.53. The highest BCUT2D eigenvalue weighted by Crippen LogP contribution is 2.17. The molecule has 0 aromatic carbocycles. The van der Waals surface area contributed by atoms with Crippen molar-refractivity contribution >= 4 is 23.0 Å². The zero-order valence-corrected chi connectivity index (χ0v) is 8.63. The molecule has 5 heteroatoms. The van der Waals surface area contributed by atoms with Crippen LogP contribution in [0.4, 0.5) is 5.82 Å². The fraction of sp³-hybridized carbons (Fsp3) is 0.444. The van der Waals surface area contributed by atoms with Crippen LogP contribution < -0.4 is 10.6 Å². The van der Waals surface area contributed by atoms with Gasteiger partial charge in [-0.3, -0.25) is 0 Å². The average Bonchev–Trinajstić information content (AvgIpc) is 2.71. The first-order valence-corrected chi connectivity index (χ1v) is 5.05. The van der Waals surface area contributed by atoms with Gasteiger partial charge in [0.15, 0.2) is 5.82 Å². The molecule has 1 aromatic rings. The van der Waals surface area contributed by atoms with E-state index in [1.165, 1.54) is 12.8 Å². The van der Waals surface area contributed by atoms with Gasteiger partial charge in [-0.05, 0) is 18.9 Å². The Morgan fingerprint density at radius 1 is 1.43 bits per heavy atom. The third kappa shape index (κ3) is 1.82. The summed E-state index contributed by atoms with van der Waals surface area (Å²) in [4.78, 5) is 2.58. The maximum Gasteiger partial charge on any atom is 0.151 e. The van der Waals surface area contributed by atoms with Crippen molar-refractivity contribution in [2.24, 2.45) is 5.73 Å². The van der Waals surface area contributed by atoms with Gasteiger partial charge in [0, 0.05) is 18.7 Å². The molecule has 0 spiro atoms. The van der Waals surface area contributed by atoms with Crippen molar-refractivity contribution in [3.8, 4) is 0 Å². The van der Waals surface area contributed by atoms with Gasteiger partial charge in [-0.25, -0.2) is 0 Å². The van der Waals surface area contributed by atoms with Crippen molar-refractivity contribution in [2.75, 3.05) is 18.0 Å². The molecule has 1 aliphatic rings. The molecule has 2 N–H and O–H groups in total. The number of aromatic nitrogens is 2. The van der Waals surface area contributed by atoms with E-state index < -0.39 is 0 Å². The molecule has 2 heterocycles. The van der Waals surface area contributed by atoms with Gasteiger partial charge in [-0.2, -0.15) is 5.10 Å². The summed E-state index contributed by atoms with van der Waals surface area (Å²) in [6, 6.07) is 1.90. The van der Waals surface area contributed by atoms with E-state index in [4.69, 9.17) is 18.0 Å². The number of thiocarbonyl (C=S) groups is 1. The van der Waals surface area contributed by atoms with Crippen LogP contribution in [-0.4, -0.2) is 28.3 Å². The molecule has 0 aliphatic carbocycles. The van der Waals surface area contributed by atoms with E-state index >= 15 is 0 Å². The van der Waals surface area contributed by atoms with Crippen LogP contribution in [0.3, 0.4) is 0 Å². The normalized spacial score (nSPS) is 15.9. The Balaban J connectivity index is 2.25. The van der Waals surface area contributed by atoms with Crippen molar-refractivity contribution in [1.29, 1.82) is 0 Å². The van der Waals surface area contributed by atoms with Gasteiger partial charge in [0.05, 0.1) is 6.20 Å². The van der Waals surface area contributed by atoms with Crippen LogP contribution in [0.2, 0.25) is 0 Å². The second-order valence-electron chi connectivity index (χ2n) is 3.36. The zero-order valence-electron chi connectivity index (χ0n) is 7.81. The van der Waals surface area contributed by atoms with Crippen LogP contribution in [0.5, 0.6) is 0 Å². The topological polar surface area (TPSA) is 55.0 Å². The Hall–Kier alpha value is -1.23. The smallest absolute Gasteiger partial charge is 0.151 e. The number of hydrogen-bond donors (Lipinski definition) is 1. The summed E-state index contributed by atoms with van der Waals surface area (Å²) in [7, 11) is 0. The van der Waals surface area contributed by atoms with Crippen molar-refractivity contribution in [2.45, 2.75) is 12.8 Å². The fourth-order valence-electron chi connectivity index (χ4n) is 1.59. The molecule has 0 amide bonds. The summed E-state index contributed by atoms with van der Waals surface area (Å²) in [5.74, 6) is 0.882. The second kappa shape index (κ2) is 3.88. The summed E-state index contributed by atoms with van der Waals surface area (Å²) in [5, 5.41) is 7.96. The van der Waals surface area contributed by atoms with Gasteiger partial charge in [0.1, 0.15) is 4.99 Å². The molecular weight excluding hydrogens is 196 g/mol. The lowest BCUT2D eigenvalue weighted by molar-refractivity contribution is 0.892. The van der Waals surface area contributed by atoms with Gasteiger partial charge in [0.25, 0.3) is 0 Å². The molecule has 0 atom stereocenters. The largest absolute Gasteiger partial charge is 0.389 e.